The second kappa shape index (κ2) is 6.91. The molecule has 5 heteroatoms. The number of hydrogen-bond donors (Lipinski definition) is 1. The maximum Gasteiger partial charge on any atom is 0.261 e. The first kappa shape index (κ1) is 14.3. The first-order chi connectivity index (χ1) is 9.15. The molecular formula is C14H18F3NO. The summed E-state index contributed by atoms with van der Waals surface area (Å²) in [5.74, 6) is 0.199. The van der Waals surface area contributed by atoms with Crippen molar-refractivity contribution < 1.29 is 17.9 Å². The Bertz CT molecular complexity index is 394. The highest BCUT2D eigenvalue weighted by Crippen LogP contribution is 2.36. The third-order valence-corrected chi connectivity index (χ3v) is 3.38. The molecule has 0 unspecified atom stereocenters. The summed E-state index contributed by atoms with van der Waals surface area (Å²) in [6.45, 7) is 0.372. The molecule has 0 amide bonds. The molecule has 106 valence electrons. The molecule has 0 radical (unpaired) electrons. The number of ether oxygens (including phenoxy) is 1. The first-order valence-electron chi connectivity index (χ1n) is 6.50. The lowest BCUT2D eigenvalue weighted by atomic mass is 9.76. The molecule has 1 N–H and O–H groups in total. The SMILES string of the molecule is Fc1cccc(C2CC(NCCOCC(F)F)C2)c1. The maximum absolute atomic E-state index is 13.0. The molecule has 0 bridgehead atoms. The molecule has 0 spiro atoms. The van der Waals surface area contributed by atoms with E-state index in [1.165, 1.54) is 6.07 Å². The van der Waals surface area contributed by atoms with Crippen LogP contribution in [0.1, 0.15) is 24.3 Å². The highest BCUT2D eigenvalue weighted by Gasteiger charge is 2.29. The van der Waals surface area contributed by atoms with Gasteiger partial charge in [-0.1, -0.05) is 12.1 Å². The van der Waals surface area contributed by atoms with E-state index in [1.54, 1.807) is 12.1 Å². The fourth-order valence-electron chi connectivity index (χ4n) is 2.32. The predicted octanol–water partition coefficient (Wildman–Crippen LogP) is 2.94. The van der Waals surface area contributed by atoms with E-state index in [2.05, 4.69) is 5.32 Å². The molecule has 0 saturated heterocycles. The fraction of sp³-hybridized carbons (Fsp3) is 0.571. The van der Waals surface area contributed by atoms with Crippen molar-refractivity contribution in [3.8, 4) is 0 Å². The zero-order chi connectivity index (χ0) is 13.7. The Balaban J connectivity index is 1.59. The van der Waals surface area contributed by atoms with Gasteiger partial charge >= 0.3 is 0 Å². The number of nitrogens with one attached hydrogen (secondary N) is 1. The summed E-state index contributed by atoms with van der Waals surface area (Å²) >= 11 is 0. The third-order valence-electron chi connectivity index (χ3n) is 3.38. The van der Waals surface area contributed by atoms with Crippen LogP contribution >= 0.6 is 0 Å². The van der Waals surface area contributed by atoms with E-state index in [1.807, 2.05) is 6.07 Å². The van der Waals surface area contributed by atoms with Crippen LogP contribution in [0, 0.1) is 5.82 Å². The van der Waals surface area contributed by atoms with Crippen molar-refractivity contribution in [2.24, 2.45) is 0 Å². The van der Waals surface area contributed by atoms with Gasteiger partial charge in [0.05, 0.1) is 6.61 Å². The minimum Gasteiger partial charge on any atom is -0.374 e. The summed E-state index contributed by atoms with van der Waals surface area (Å²) in [5, 5.41) is 3.24. The summed E-state index contributed by atoms with van der Waals surface area (Å²) < 4.78 is 41.4. The minimum absolute atomic E-state index is 0.200. The van der Waals surface area contributed by atoms with Crippen LogP contribution < -0.4 is 5.32 Å². The van der Waals surface area contributed by atoms with Gasteiger partial charge in [0.25, 0.3) is 6.43 Å². The van der Waals surface area contributed by atoms with Crippen molar-refractivity contribution >= 4 is 0 Å². The molecule has 2 rings (SSSR count). The average molecular weight is 273 g/mol. The Kier molecular flexibility index (Phi) is 5.22. The molecule has 2 nitrogen and oxygen atoms in total. The number of benzene rings is 1. The van der Waals surface area contributed by atoms with E-state index in [9.17, 15) is 13.2 Å². The number of alkyl halides is 2. The lowest BCUT2D eigenvalue weighted by Crippen LogP contribution is -2.41. The van der Waals surface area contributed by atoms with Crippen molar-refractivity contribution in [3.63, 3.8) is 0 Å². The van der Waals surface area contributed by atoms with Gasteiger partial charge in [0.2, 0.25) is 0 Å². The van der Waals surface area contributed by atoms with Crippen LogP contribution in [-0.4, -0.2) is 32.2 Å². The van der Waals surface area contributed by atoms with Crippen LogP contribution in [0.25, 0.3) is 0 Å². The molecule has 1 aromatic carbocycles. The Morgan fingerprint density at radius 3 is 2.79 bits per heavy atom. The van der Waals surface area contributed by atoms with Crippen molar-refractivity contribution in [2.45, 2.75) is 31.2 Å². The molecule has 1 saturated carbocycles. The molecule has 1 aliphatic rings. The van der Waals surface area contributed by atoms with E-state index in [-0.39, 0.29) is 5.82 Å². The summed E-state index contributed by atoms with van der Waals surface area (Å²) in [5.41, 5.74) is 1.03. The number of hydrogen-bond acceptors (Lipinski definition) is 2. The summed E-state index contributed by atoms with van der Waals surface area (Å²) in [6, 6.07) is 7.06. The molecule has 19 heavy (non-hydrogen) atoms. The molecule has 1 fully saturated rings. The van der Waals surface area contributed by atoms with Gasteiger partial charge in [0.15, 0.2) is 0 Å². The monoisotopic (exact) mass is 273 g/mol. The topological polar surface area (TPSA) is 21.3 Å². The molecule has 0 aromatic heterocycles. The Labute approximate surface area is 111 Å². The smallest absolute Gasteiger partial charge is 0.261 e. The van der Waals surface area contributed by atoms with Gasteiger partial charge in [-0.3, -0.25) is 0 Å². The second-order valence-corrected chi connectivity index (χ2v) is 4.84. The normalized spacial score (nSPS) is 22.5. The predicted molar refractivity (Wildman–Crippen MR) is 67.0 cm³/mol. The van der Waals surface area contributed by atoms with Crippen molar-refractivity contribution in [1.29, 1.82) is 0 Å². The molecule has 1 aromatic rings. The molecule has 1 aliphatic carbocycles. The van der Waals surface area contributed by atoms with Crippen molar-refractivity contribution in [3.05, 3.63) is 35.6 Å². The fourth-order valence-corrected chi connectivity index (χ4v) is 2.32. The lowest BCUT2D eigenvalue weighted by Gasteiger charge is -2.36. The Morgan fingerprint density at radius 2 is 2.11 bits per heavy atom. The van der Waals surface area contributed by atoms with Gasteiger partial charge in [-0.05, 0) is 36.5 Å². The van der Waals surface area contributed by atoms with E-state index in [4.69, 9.17) is 4.74 Å². The number of rotatable bonds is 7. The summed E-state index contributed by atoms with van der Waals surface area (Å²) in [6.07, 6.45) is -0.489. The van der Waals surface area contributed by atoms with Crippen LogP contribution in [0.3, 0.4) is 0 Å². The quantitative estimate of drug-likeness (QED) is 0.771. The van der Waals surface area contributed by atoms with Gasteiger partial charge in [0.1, 0.15) is 12.4 Å². The van der Waals surface area contributed by atoms with E-state index < -0.39 is 13.0 Å². The highest BCUT2D eigenvalue weighted by molar-refractivity contribution is 5.23. The Morgan fingerprint density at radius 1 is 1.32 bits per heavy atom. The van der Waals surface area contributed by atoms with Gasteiger partial charge in [-0.2, -0.15) is 0 Å². The van der Waals surface area contributed by atoms with Crippen LogP contribution in [0.5, 0.6) is 0 Å². The minimum atomic E-state index is -2.40. The van der Waals surface area contributed by atoms with Crippen LogP contribution in [-0.2, 0) is 4.74 Å². The van der Waals surface area contributed by atoms with E-state index in [0.717, 1.165) is 18.4 Å². The zero-order valence-electron chi connectivity index (χ0n) is 10.6. The van der Waals surface area contributed by atoms with Crippen molar-refractivity contribution in [1.82, 2.24) is 5.32 Å². The number of halogens is 3. The standard InChI is InChI=1S/C14H18F3NO/c15-12-3-1-2-10(6-12)11-7-13(8-11)18-4-5-19-9-14(16)17/h1-3,6,11,13-14,18H,4-5,7-9H2. The van der Waals surface area contributed by atoms with Crippen LogP contribution in [0.2, 0.25) is 0 Å². The molecule has 0 heterocycles. The average Bonchev–Trinajstić information content (AvgIpc) is 2.30. The van der Waals surface area contributed by atoms with Crippen LogP contribution in [0.15, 0.2) is 24.3 Å². The molecule has 0 atom stereocenters. The van der Waals surface area contributed by atoms with Gasteiger partial charge < -0.3 is 10.1 Å². The van der Waals surface area contributed by atoms with Gasteiger partial charge in [-0.25, -0.2) is 13.2 Å². The third kappa shape index (κ3) is 4.51. The maximum atomic E-state index is 13.0. The zero-order valence-corrected chi connectivity index (χ0v) is 10.6. The molecular weight excluding hydrogens is 255 g/mol. The van der Waals surface area contributed by atoms with E-state index >= 15 is 0 Å². The first-order valence-corrected chi connectivity index (χ1v) is 6.50. The second-order valence-electron chi connectivity index (χ2n) is 4.84. The van der Waals surface area contributed by atoms with Crippen molar-refractivity contribution in [2.75, 3.05) is 19.8 Å². The largest absolute Gasteiger partial charge is 0.374 e. The van der Waals surface area contributed by atoms with E-state index in [0.29, 0.717) is 25.1 Å². The Hall–Kier alpha value is -1.07. The highest BCUT2D eigenvalue weighted by atomic mass is 19.3. The molecule has 0 aliphatic heterocycles. The van der Waals surface area contributed by atoms with Gasteiger partial charge in [-0.15, -0.1) is 0 Å². The summed E-state index contributed by atoms with van der Waals surface area (Å²) in [7, 11) is 0. The lowest BCUT2D eigenvalue weighted by molar-refractivity contribution is 0.0174. The summed E-state index contributed by atoms with van der Waals surface area (Å²) in [4.78, 5) is 0. The van der Waals surface area contributed by atoms with Gasteiger partial charge in [0, 0.05) is 12.6 Å². The van der Waals surface area contributed by atoms with Crippen LogP contribution in [0.4, 0.5) is 13.2 Å².